The van der Waals surface area contributed by atoms with Crippen LogP contribution in [0, 0.1) is 0 Å². The lowest BCUT2D eigenvalue weighted by Crippen LogP contribution is -2.47. The third kappa shape index (κ3) is 3.48. The zero-order valence-electron chi connectivity index (χ0n) is 8.91. The van der Waals surface area contributed by atoms with E-state index in [0.717, 1.165) is 11.6 Å². The molecule has 0 aromatic rings. The Morgan fingerprint density at radius 2 is 2.36 bits per heavy atom. The summed E-state index contributed by atoms with van der Waals surface area (Å²) in [5.41, 5.74) is -0.823. The van der Waals surface area contributed by atoms with E-state index >= 15 is 0 Å². The largest absolute Gasteiger partial charge is 0.389 e. The monoisotopic (exact) mass is 218 g/mol. The van der Waals surface area contributed by atoms with Gasteiger partial charge in [-0.25, -0.2) is 0 Å². The molecule has 1 atom stereocenters. The number of likely N-dealkylation sites (N-methyl/N-ethyl adjacent to an activating group) is 1. The predicted molar refractivity (Wildman–Crippen MR) is 58.2 cm³/mol. The highest BCUT2D eigenvalue weighted by atomic mass is 32.2. The first-order valence-corrected chi connectivity index (χ1v) is 5.84. The fourth-order valence-electron chi connectivity index (χ4n) is 1.48. The van der Waals surface area contributed by atoms with Gasteiger partial charge in [0.25, 0.3) is 0 Å². The van der Waals surface area contributed by atoms with E-state index in [2.05, 4.69) is 5.32 Å². The quantitative estimate of drug-likeness (QED) is 0.693. The van der Waals surface area contributed by atoms with E-state index in [1.165, 1.54) is 0 Å². The minimum Gasteiger partial charge on any atom is -0.389 e. The average Bonchev–Trinajstić information content (AvgIpc) is 2.51. The Hall–Kier alpha value is -0.260. The van der Waals surface area contributed by atoms with Crippen LogP contribution in [0.2, 0.25) is 0 Å². The Bertz CT molecular complexity index is 209. The van der Waals surface area contributed by atoms with E-state index < -0.39 is 5.60 Å². The summed E-state index contributed by atoms with van der Waals surface area (Å²) in [5, 5.41) is 12.7. The van der Waals surface area contributed by atoms with Crippen LogP contribution in [-0.4, -0.2) is 52.8 Å². The minimum absolute atomic E-state index is 0.0668. The first-order chi connectivity index (χ1) is 6.40. The Morgan fingerprint density at radius 1 is 1.71 bits per heavy atom. The van der Waals surface area contributed by atoms with Crippen LogP contribution in [0.15, 0.2) is 0 Å². The molecule has 0 aromatic carbocycles. The van der Waals surface area contributed by atoms with Gasteiger partial charge in [0, 0.05) is 25.2 Å². The zero-order chi connectivity index (χ0) is 10.8. The van der Waals surface area contributed by atoms with Crippen LogP contribution in [0.1, 0.15) is 13.8 Å². The van der Waals surface area contributed by atoms with Crippen LogP contribution in [0.25, 0.3) is 0 Å². The maximum atomic E-state index is 11.8. The zero-order valence-corrected chi connectivity index (χ0v) is 9.73. The molecule has 0 saturated carbocycles. The number of thioether (sulfide) groups is 1. The van der Waals surface area contributed by atoms with E-state index in [0.29, 0.717) is 6.54 Å². The smallest absolute Gasteiger partial charge is 0.240 e. The summed E-state index contributed by atoms with van der Waals surface area (Å²) in [7, 11) is 1.73. The van der Waals surface area contributed by atoms with Gasteiger partial charge in [-0.1, -0.05) is 0 Å². The molecule has 0 spiro atoms. The lowest BCUT2D eigenvalue weighted by Gasteiger charge is -2.27. The van der Waals surface area contributed by atoms with Crippen molar-refractivity contribution in [2.45, 2.75) is 25.5 Å². The van der Waals surface area contributed by atoms with E-state index in [4.69, 9.17) is 0 Å². The SMILES string of the molecule is CN(CC(C)(C)O)C(=O)C1CSCN1. The maximum absolute atomic E-state index is 11.8. The van der Waals surface area contributed by atoms with E-state index in [1.807, 2.05) is 0 Å². The van der Waals surface area contributed by atoms with Gasteiger partial charge in [-0.2, -0.15) is 0 Å². The maximum Gasteiger partial charge on any atom is 0.240 e. The Morgan fingerprint density at radius 3 is 2.79 bits per heavy atom. The van der Waals surface area contributed by atoms with Gasteiger partial charge < -0.3 is 10.0 Å². The van der Waals surface area contributed by atoms with Gasteiger partial charge in [-0.05, 0) is 13.8 Å². The molecule has 1 amide bonds. The lowest BCUT2D eigenvalue weighted by molar-refractivity contribution is -0.134. The molecule has 1 aliphatic rings. The number of rotatable bonds is 3. The molecule has 5 heteroatoms. The van der Waals surface area contributed by atoms with Crippen LogP contribution in [-0.2, 0) is 4.79 Å². The second-order valence-electron chi connectivity index (χ2n) is 4.28. The fourth-order valence-corrected chi connectivity index (χ4v) is 2.41. The molecule has 1 heterocycles. The number of aliphatic hydroxyl groups is 1. The fraction of sp³-hybridized carbons (Fsp3) is 0.889. The third-order valence-electron chi connectivity index (χ3n) is 2.01. The van der Waals surface area contributed by atoms with Crippen LogP contribution >= 0.6 is 11.8 Å². The molecule has 82 valence electrons. The second-order valence-corrected chi connectivity index (χ2v) is 5.31. The topological polar surface area (TPSA) is 52.6 Å². The number of carbonyl (C=O) groups is 1. The Kier molecular flexibility index (Phi) is 3.80. The number of nitrogens with one attached hydrogen (secondary N) is 1. The molecule has 0 bridgehead atoms. The van der Waals surface area contributed by atoms with Crippen molar-refractivity contribution in [2.24, 2.45) is 0 Å². The molecule has 1 aliphatic heterocycles. The van der Waals surface area contributed by atoms with Crippen molar-refractivity contribution in [3.63, 3.8) is 0 Å². The summed E-state index contributed by atoms with van der Waals surface area (Å²) >= 11 is 1.72. The Balaban J connectivity index is 2.43. The van der Waals surface area contributed by atoms with Crippen LogP contribution in [0.3, 0.4) is 0 Å². The second kappa shape index (κ2) is 4.51. The van der Waals surface area contributed by atoms with Crippen molar-refractivity contribution >= 4 is 17.7 Å². The summed E-state index contributed by atoms with van der Waals surface area (Å²) in [6.07, 6.45) is 0. The molecule has 1 saturated heterocycles. The minimum atomic E-state index is -0.823. The summed E-state index contributed by atoms with van der Waals surface area (Å²) < 4.78 is 0. The third-order valence-corrected chi connectivity index (χ3v) is 2.95. The molecule has 4 nitrogen and oxygen atoms in total. The molecular weight excluding hydrogens is 200 g/mol. The highest BCUT2D eigenvalue weighted by molar-refractivity contribution is 7.99. The van der Waals surface area contributed by atoms with E-state index in [1.54, 1.807) is 37.6 Å². The predicted octanol–water partition coefficient (Wildman–Crippen LogP) is -0.122. The van der Waals surface area contributed by atoms with Crippen molar-refractivity contribution in [3.05, 3.63) is 0 Å². The Labute approximate surface area is 89.0 Å². The van der Waals surface area contributed by atoms with Crippen molar-refractivity contribution in [3.8, 4) is 0 Å². The van der Waals surface area contributed by atoms with Gasteiger partial charge in [0.1, 0.15) is 0 Å². The van der Waals surface area contributed by atoms with Crippen molar-refractivity contribution in [1.82, 2.24) is 10.2 Å². The van der Waals surface area contributed by atoms with E-state index in [-0.39, 0.29) is 11.9 Å². The van der Waals surface area contributed by atoms with E-state index in [9.17, 15) is 9.90 Å². The normalized spacial score (nSPS) is 22.4. The molecule has 14 heavy (non-hydrogen) atoms. The summed E-state index contributed by atoms with van der Waals surface area (Å²) in [4.78, 5) is 13.3. The van der Waals surface area contributed by atoms with Gasteiger partial charge >= 0.3 is 0 Å². The van der Waals surface area contributed by atoms with Crippen LogP contribution < -0.4 is 5.32 Å². The van der Waals surface area contributed by atoms with Gasteiger partial charge in [0.05, 0.1) is 11.6 Å². The first-order valence-electron chi connectivity index (χ1n) is 4.68. The lowest BCUT2D eigenvalue weighted by atomic mass is 10.1. The van der Waals surface area contributed by atoms with Crippen LogP contribution in [0.4, 0.5) is 0 Å². The number of hydrogen-bond donors (Lipinski definition) is 2. The van der Waals surface area contributed by atoms with Gasteiger partial charge in [-0.3, -0.25) is 10.1 Å². The summed E-state index contributed by atoms with van der Waals surface area (Å²) in [5.74, 6) is 1.74. The van der Waals surface area contributed by atoms with Gasteiger partial charge in [-0.15, -0.1) is 11.8 Å². The van der Waals surface area contributed by atoms with Gasteiger partial charge in [0.2, 0.25) is 5.91 Å². The number of carbonyl (C=O) groups excluding carboxylic acids is 1. The molecule has 2 N–H and O–H groups in total. The van der Waals surface area contributed by atoms with Crippen molar-refractivity contribution in [2.75, 3.05) is 25.2 Å². The van der Waals surface area contributed by atoms with Crippen LogP contribution in [0.5, 0.6) is 0 Å². The summed E-state index contributed by atoms with van der Waals surface area (Å²) in [6.45, 7) is 3.77. The molecule has 1 rings (SSSR count). The molecule has 0 aromatic heterocycles. The molecule has 1 fully saturated rings. The summed E-state index contributed by atoms with van der Waals surface area (Å²) in [6, 6.07) is -0.0765. The molecule has 0 radical (unpaired) electrons. The molecular formula is C9H18N2O2S. The van der Waals surface area contributed by atoms with Gasteiger partial charge in [0.15, 0.2) is 0 Å². The van der Waals surface area contributed by atoms with Crippen molar-refractivity contribution < 1.29 is 9.90 Å². The number of hydrogen-bond acceptors (Lipinski definition) is 4. The highest BCUT2D eigenvalue weighted by Crippen LogP contribution is 2.12. The molecule has 0 aliphatic carbocycles. The van der Waals surface area contributed by atoms with Crippen molar-refractivity contribution in [1.29, 1.82) is 0 Å². The number of nitrogens with zero attached hydrogens (tertiary/aromatic N) is 1. The average molecular weight is 218 g/mol. The molecule has 1 unspecified atom stereocenters. The number of amides is 1. The first kappa shape index (κ1) is 11.8. The standard InChI is InChI=1S/C9H18N2O2S/c1-9(2,13)5-11(3)8(12)7-4-14-6-10-7/h7,10,13H,4-6H2,1-3H3. The highest BCUT2D eigenvalue weighted by Gasteiger charge is 2.27.